The molecule has 0 N–H and O–H groups in total. The number of sulfonamides is 1. The second kappa shape index (κ2) is 9.90. The van der Waals surface area contributed by atoms with Gasteiger partial charge in [-0.3, -0.25) is 9.10 Å². The van der Waals surface area contributed by atoms with E-state index in [2.05, 4.69) is 10.1 Å². The SMILES string of the molecule is COc1cccc(-c2noc(CN(C)C(=O)[C@H](C)Oc3ccc(N(C)S(C)(=O)=O)cc3)n2)c1. The minimum Gasteiger partial charge on any atom is -0.497 e. The molecule has 0 radical (unpaired) electrons. The van der Waals surface area contributed by atoms with Gasteiger partial charge in [-0.25, -0.2) is 8.42 Å². The highest BCUT2D eigenvalue weighted by Gasteiger charge is 2.22. The van der Waals surface area contributed by atoms with Gasteiger partial charge in [0.1, 0.15) is 11.5 Å². The van der Waals surface area contributed by atoms with Crippen LogP contribution in [-0.4, -0.2) is 62.9 Å². The van der Waals surface area contributed by atoms with Crippen molar-refractivity contribution < 1.29 is 27.2 Å². The fraction of sp³-hybridized carbons (Fsp3) is 0.318. The van der Waals surface area contributed by atoms with Gasteiger partial charge in [-0.15, -0.1) is 0 Å². The lowest BCUT2D eigenvalue weighted by Crippen LogP contribution is -2.37. The summed E-state index contributed by atoms with van der Waals surface area (Å²) in [6.07, 6.45) is 0.339. The molecule has 176 valence electrons. The van der Waals surface area contributed by atoms with Crippen LogP contribution in [0, 0.1) is 0 Å². The van der Waals surface area contributed by atoms with E-state index in [1.54, 1.807) is 51.4 Å². The lowest BCUT2D eigenvalue weighted by Gasteiger charge is -2.21. The zero-order chi connectivity index (χ0) is 24.2. The monoisotopic (exact) mass is 474 g/mol. The molecule has 0 aliphatic rings. The number of nitrogens with zero attached hydrogens (tertiary/aromatic N) is 4. The molecule has 10 nitrogen and oxygen atoms in total. The van der Waals surface area contributed by atoms with E-state index in [1.807, 2.05) is 18.2 Å². The summed E-state index contributed by atoms with van der Waals surface area (Å²) in [5, 5.41) is 3.97. The maximum absolute atomic E-state index is 12.7. The van der Waals surface area contributed by atoms with Gasteiger partial charge >= 0.3 is 0 Å². The van der Waals surface area contributed by atoms with Crippen molar-refractivity contribution in [3.63, 3.8) is 0 Å². The maximum atomic E-state index is 12.7. The molecule has 0 saturated heterocycles. The van der Waals surface area contributed by atoms with Crippen molar-refractivity contribution in [2.75, 3.05) is 31.8 Å². The Kier molecular flexibility index (Phi) is 7.22. The first kappa shape index (κ1) is 24.1. The molecule has 3 rings (SSSR count). The average molecular weight is 475 g/mol. The van der Waals surface area contributed by atoms with Gasteiger partial charge in [0.05, 0.1) is 25.6 Å². The first-order valence-electron chi connectivity index (χ1n) is 10.0. The van der Waals surface area contributed by atoms with E-state index in [0.29, 0.717) is 23.0 Å². The zero-order valence-electron chi connectivity index (χ0n) is 19.0. The lowest BCUT2D eigenvalue weighted by molar-refractivity contribution is -0.137. The summed E-state index contributed by atoms with van der Waals surface area (Å²) in [7, 11) is 1.29. The molecule has 2 aromatic carbocycles. The van der Waals surface area contributed by atoms with Crippen molar-refractivity contribution in [1.29, 1.82) is 0 Å². The second-order valence-electron chi connectivity index (χ2n) is 7.42. The van der Waals surface area contributed by atoms with Crippen LogP contribution in [-0.2, 0) is 21.4 Å². The molecule has 1 atom stereocenters. The molecule has 0 fully saturated rings. The predicted octanol–water partition coefficient (Wildman–Crippen LogP) is 2.57. The van der Waals surface area contributed by atoms with Crippen LogP contribution in [0.1, 0.15) is 12.8 Å². The maximum Gasteiger partial charge on any atom is 0.263 e. The molecule has 0 saturated carbocycles. The third-order valence-electron chi connectivity index (χ3n) is 4.90. The van der Waals surface area contributed by atoms with Crippen molar-refractivity contribution in [1.82, 2.24) is 15.0 Å². The van der Waals surface area contributed by atoms with Gasteiger partial charge in [0, 0.05) is 19.7 Å². The van der Waals surface area contributed by atoms with E-state index in [0.717, 1.165) is 16.1 Å². The summed E-state index contributed by atoms with van der Waals surface area (Å²) in [5.41, 5.74) is 1.23. The highest BCUT2D eigenvalue weighted by molar-refractivity contribution is 7.92. The quantitative estimate of drug-likeness (QED) is 0.465. The van der Waals surface area contributed by atoms with Crippen molar-refractivity contribution in [3.05, 3.63) is 54.4 Å². The number of methoxy groups -OCH3 is 1. The molecule has 11 heteroatoms. The Bertz CT molecular complexity index is 1210. The number of hydrogen-bond acceptors (Lipinski definition) is 8. The molecule has 3 aromatic rings. The predicted molar refractivity (Wildman–Crippen MR) is 123 cm³/mol. The topological polar surface area (TPSA) is 115 Å². The Morgan fingerprint density at radius 3 is 2.45 bits per heavy atom. The molecule has 33 heavy (non-hydrogen) atoms. The van der Waals surface area contributed by atoms with Crippen LogP contribution in [0.2, 0.25) is 0 Å². The molecule has 0 aliphatic carbocycles. The van der Waals surface area contributed by atoms with E-state index in [4.69, 9.17) is 14.0 Å². The van der Waals surface area contributed by atoms with Gasteiger partial charge in [-0.05, 0) is 43.3 Å². The highest BCUT2D eigenvalue weighted by atomic mass is 32.2. The molecular weight excluding hydrogens is 448 g/mol. The van der Waals surface area contributed by atoms with E-state index >= 15 is 0 Å². The Balaban J connectivity index is 1.60. The number of likely N-dealkylation sites (N-methyl/N-ethyl adjacent to an activating group) is 1. The van der Waals surface area contributed by atoms with Crippen molar-refractivity contribution in [2.45, 2.75) is 19.6 Å². The second-order valence-corrected chi connectivity index (χ2v) is 9.44. The van der Waals surface area contributed by atoms with Gasteiger partial charge in [0.15, 0.2) is 6.10 Å². The van der Waals surface area contributed by atoms with Gasteiger partial charge in [0.25, 0.3) is 5.91 Å². The van der Waals surface area contributed by atoms with Crippen LogP contribution < -0.4 is 13.8 Å². The van der Waals surface area contributed by atoms with Gasteiger partial charge in [0.2, 0.25) is 21.7 Å². The standard InChI is InChI=1S/C22H26N4O6S/c1-15(31-18-11-9-17(10-12-18)26(3)33(5,28)29)22(27)25(2)14-20-23-21(24-32-20)16-7-6-8-19(13-16)30-4/h6-13,15H,14H2,1-5H3/t15-/m0/s1. The van der Waals surface area contributed by atoms with E-state index in [1.165, 1.54) is 11.9 Å². The minimum absolute atomic E-state index is 0.113. The van der Waals surface area contributed by atoms with Gasteiger partial charge in [-0.2, -0.15) is 4.98 Å². The Morgan fingerprint density at radius 1 is 1.12 bits per heavy atom. The number of carbonyl (C=O) groups is 1. The zero-order valence-corrected chi connectivity index (χ0v) is 19.9. The van der Waals surface area contributed by atoms with Crippen LogP contribution in [0.25, 0.3) is 11.4 Å². The molecule has 1 heterocycles. The summed E-state index contributed by atoms with van der Waals surface area (Å²) >= 11 is 0. The fourth-order valence-electron chi connectivity index (χ4n) is 2.97. The molecule has 0 spiro atoms. The molecule has 0 aliphatic heterocycles. The number of carbonyl (C=O) groups excluding carboxylic acids is 1. The molecular formula is C22H26N4O6S. The first-order valence-corrected chi connectivity index (χ1v) is 11.9. The normalized spacial score (nSPS) is 12.2. The summed E-state index contributed by atoms with van der Waals surface area (Å²) in [6.45, 7) is 1.74. The van der Waals surface area contributed by atoms with Crippen molar-refractivity contribution >= 4 is 21.6 Å². The van der Waals surface area contributed by atoms with Gasteiger partial charge < -0.3 is 18.9 Å². The number of ether oxygens (including phenoxy) is 2. The van der Waals surface area contributed by atoms with Crippen molar-refractivity contribution in [2.24, 2.45) is 0 Å². The molecule has 0 unspecified atom stereocenters. The number of benzene rings is 2. The third kappa shape index (κ3) is 6.01. The largest absolute Gasteiger partial charge is 0.497 e. The van der Waals surface area contributed by atoms with Crippen molar-refractivity contribution in [3.8, 4) is 22.9 Å². The molecule has 0 bridgehead atoms. The Morgan fingerprint density at radius 2 is 1.82 bits per heavy atom. The third-order valence-corrected chi connectivity index (χ3v) is 6.11. The highest BCUT2D eigenvalue weighted by Crippen LogP contribution is 2.23. The summed E-state index contributed by atoms with van der Waals surface area (Å²) in [5.74, 6) is 1.51. The van der Waals surface area contributed by atoms with E-state index < -0.39 is 16.1 Å². The smallest absolute Gasteiger partial charge is 0.263 e. The van der Waals surface area contributed by atoms with Gasteiger partial charge in [-0.1, -0.05) is 17.3 Å². The summed E-state index contributed by atoms with van der Waals surface area (Å²) in [4.78, 5) is 18.5. The number of aromatic nitrogens is 2. The first-order chi connectivity index (χ1) is 15.6. The lowest BCUT2D eigenvalue weighted by atomic mass is 10.2. The Hall–Kier alpha value is -3.60. The van der Waals surface area contributed by atoms with Crippen LogP contribution in [0.5, 0.6) is 11.5 Å². The Labute approximate surface area is 192 Å². The average Bonchev–Trinajstić information content (AvgIpc) is 3.26. The molecule has 1 aromatic heterocycles. The van der Waals surface area contributed by atoms with Crippen LogP contribution in [0.3, 0.4) is 0 Å². The molecule has 1 amide bonds. The number of rotatable bonds is 9. The number of hydrogen-bond donors (Lipinski definition) is 0. The van der Waals surface area contributed by atoms with Crippen LogP contribution >= 0.6 is 0 Å². The van der Waals surface area contributed by atoms with E-state index in [9.17, 15) is 13.2 Å². The minimum atomic E-state index is -3.36. The van der Waals surface area contributed by atoms with E-state index in [-0.39, 0.29) is 18.3 Å². The van der Waals surface area contributed by atoms with Crippen LogP contribution in [0.15, 0.2) is 53.1 Å². The number of anilines is 1. The van der Waals surface area contributed by atoms with Crippen LogP contribution in [0.4, 0.5) is 5.69 Å². The summed E-state index contributed by atoms with van der Waals surface area (Å²) < 4.78 is 40.6. The summed E-state index contributed by atoms with van der Waals surface area (Å²) in [6, 6.07) is 13.7. The number of amides is 1. The fourth-order valence-corrected chi connectivity index (χ4v) is 3.47.